The third-order valence-corrected chi connectivity index (χ3v) is 5.34. The number of aliphatic hydroxyl groups excluding tert-OH is 2. The monoisotopic (exact) mass is 492 g/mol. The Kier molecular flexibility index (Phi) is 10.1. The smallest absolute Gasteiger partial charge is 0.387 e. The number of rotatable bonds is 12. The zero-order valence-electron chi connectivity index (χ0n) is 17.7. The van der Waals surface area contributed by atoms with Crippen molar-refractivity contribution >= 4 is 19.8 Å². The Morgan fingerprint density at radius 2 is 1.94 bits per heavy atom. The average Bonchev–Trinajstić information content (AvgIpc) is 3.02. The Morgan fingerprint density at radius 3 is 2.61 bits per heavy atom. The molecule has 0 spiro atoms. The highest BCUT2D eigenvalue weighted by molar-refractivity contribution is 7.46. The maximum atomic E-state index is 12.2. The fraction of sp³-hybridized carbons (Fsp3) is 0.611. The predicted molar refractivity (Wildman–Crippen MR) is 115 cm³/mol. The van der Waals surface area contributed by atoms with Crippen molar-refractivity contribution in [2.75, 3.05) is 19.7 Å². The number of H-pyrrole nitrogens is 1. The zero-order chi connectivity index (χ0) is 24.6. The number of nitrogens with one attached hydrogen (secondary N) is 2. The first-order valence-corrected chi connectivity index (χ1v) is 11.8. The number of carbonyl (C=O) groups excluding carboxylic acids is 1. The van der Waals surface area contributed by atoms with Crippen molar-refractivity contribution in [2.24, 2.45) is 5.73 Å². The first kappa shape index (κ1) is 27.1. The molecule has 33 heavy (non-hydrogen) atoms. The van der Waals surface area contributed by atoms with Gasteiger partial charge in [0.05, 0.1) is 12.2 Å². The maximum Gasteiger partial charge on any atom is 0.469 e. The van der Waals surface area contributed by atoms with E-state index in [4.69, 9.17) is 20.3 Å². The van der Waals surface area contributed by atoms with Crippen LogP contribution in [0.4, 0.5) is 0 Å². The number of phosphoric acid groups is 1. The number of carbonyl (C=O) groups is 1. The Morgan fingerprint density at radius 1 is 1.24 bits per heavy atom. The number of nitrogens with two attached hydrogens (primary N) is 1. The lowest BCUT2D eigenvalue weighted by Crippen LogP contribution is -2.38. The summed E-state index contributed by atoms with van der Waals surface area (Å²) in [5, 5.41) is 22.9. The maximum absolute atomic E-state index is 12.2. The minimum absolute atomic E-state index is 0.104. The molecule has 8 N–H and O–H groups in total. The van der Waals surface area contributed by atoms with Gasteiger partial charge in [-0.05, 0) is 25.5 Å². The topological polar surface area (TPSA) is 226 Å². The van der Waals surface area contributed by atoms with Gasteiger partial charge in [0.2, 0.25) is 5.91 Å². The number of amides is 1. The molecular formula is C18H29N4O10P. The molecule has 0 saturated carbocycles. The quantitative estimate of drug-likeness (QED) is 0.0951. The number of unbranched alkanes of at least 4 members (excludes halogenated alkanes) is 3. The van der Waals surface area contributed by atoms with Crippen LogP contribution in [0.2, 0.25) is 0 Å². The number of nitrogens with zero attached hydrogens (tertiary/aromatic N) is 1. The lowest BCUT2D eigenvalue weighted by molar-refractivity contribution is -0.116. The van der Waals surface area contributed by atoms with Gasteiger partial charge in [0.1, 0.15) is 18.3 Å². The van der Waals surface area contributed by atoms with Crippen LogP contribution in [0, 0.1) is 0 Å². The van der Waals surface area contributed by atoms with Crippen LogP contribution in [-0.4, -0.2) is 73.5 Å². The van der Waals surface area contributed by atoms with Crippen molar-refractivity contribution in [3.8, 4) is 0 Å². The molecule has 0 radical (unpaired) electrons. The molecule has 1 aromatic heterocycles. The van der Waals surface area contributed by atoms with Crippen molar-refractivity contribution in [1.29, 1.82) is 0 Å². The van der Waals surface area contributed by atoms with E-state index in [0.717, 1.165) is 42.5 Å². The van der Waals surface area contributed by atoms with Crippen molar-refractivity contribution < 1.29 is 38.6 Å². The highest BCUT2D eigenvalue weighted by Crippen LogP contribution is 2.38. The van der Waals surface area contributed by atoms with Crippen LogP contribution < -0.4 is 22.3 Å². The average molecular weight is 492 g/mol. The third kappa shape index (κ3) is 8.28. The largest absolute Gasteiger partial charge is 0.469 e. The van der Waals surface area contributed by atoms with Crippen LogP contribution >= 0.6 is 7.82 Å². The van der Waals surface area contributed by atoms with Crippen molar-refractivity contribution in [1.82, 2.24) is 14.9 Å². The van der Waals surface area contributed by atoms with Crippen LogP contribution in [-0.2, 0) is 18.6 Å². The van der Waals surface area contributed by atoms with Gasteiger partial charge in [-0.25, -0.2) is 9.36 Å². The van der Waals surface area contributed by atoms with Gasteiger partial charge < -0.3 is 35.8 Å². The Bertz CT molecular complexity index is 987. The normalized spacial score (nSPS) is 23.3. The first-order chi connectivity index (χ1) is 15.5. The summed E-state index contributed by atoms with van der Waals surface area (Å²) < 4.78 is 21.2. The summed E-state index contributed by atoms with van der Waals surface area (Å²) in [4.78, 5) is 55.8. The lowest BCUT2D eigenvalue weighted by atomic mass is 10.1. The molecule has 186 valence electrons. The standard InChI is InChI=1S/C18H29N4O10P/c19-7-3-1-2-4-8-20-13(23)6-5-11-9-22(18(27)21-16(11)26)17-15(25)14(24)12(32-17)10-31-33(28,29)30/h5-6,9,12,14-15,17,24-25H,1-4,7-8,10,19H2,(H,20,23)(H,21,26,27)(H2,28,29,30)/b6-5+/t12-,14?,15?,17-/m1/s1. The van der Waals surface area contributed by atoms with Crippen LogP contribution in [0.3, 0.4) is 0 Å². The van der Waals surface area contributed by atoms with E-state index in [1.165, 1.54) is 6.08 Å². The summed E-state index contributed by atoms with van der Waals surface area (Å²) in [6.45, 7) is 0.313. The van der Waals surface area contributed by atoms with Crippen LogP contribution in [0.15, 0.2) is 21.9 Å². The molecule has 4 atom stereocenters. The van der Waals surface area contributed by atoms with Gasteiger partial charge in [-0.2, -0.15) is 0 Å². The van der Waals surface area contributed by atoms with Crippen molar-refractivity contribution in [2.45, 2.75) is 50.2 Å². The van der Waals surface area contributed by atoms with E-state index in [0.29, 0.717) is 13.1 Å². The SMILES string of the molecule is NCCCCCCNC(=O)/C=C/c1cn([C@@H]2O[C@H](COP(=O)(O)O)C(O)C2O)c(=O)[nH]c1=O. The second-order valence-corrected chi connectivity index (χ2v) is 8.65. The lowest BCUT2D eigenvalue weighted by Gasteiger charge is -2.17. The molecule has 2 rings (SSSR count). The van der Waals surface area contributed by atoms with E-state index in [9.17, 15) is 29.2 Å². The molecular weight excluding hydrogens is 463 g/mol. The number of hydrogen-bond acceptors (Lipinski definition) is 9. The zero-order valence-corrected chi connectivity index (χ0v) is 18.6. The number of hydrogen-bond donors (Lipinski definition) is 7. The predicted octanol–water partition coefficient (Wildman–Crippen LogP) is -2.09. The second-order valence-electron chi connectivity index (χ2n) is 7.41. The van der Waals surface area contributed by atoms with Gasteiger partial charge in [0.25, 0.3) is 5.56 Å². The molecule has 0 aromatic carbocycles. The van der Waals surface area contributed by atoms with E-state index < -0.39 is 56.1 Å². The number of phosphoric ester groups is 1. The molecule has 0 aliphatic carbocycles. The number of aliphatic hydroxyl groups is 2. The van der Waals surface area contributed by atoms with E-state index in [1.807, 2.05) is 4.98 Å². The first-order valence-electron chi connectivity index (χ1n) is 10.3. The molecule has 1 aliphatic heterocycles. The second kappa shape index (κ2) is 12.3. The molecule has 1 amide bonds. The Hall–Kier alpha value is -2.16. The summed E-state index contributed by atoms with van der Waals surface area (Å²) in [5.41, 5.74) is 3.55. The summed E-state index contributed by atoms with van der Waals surface area (Å²) in [6.07, 6.45) is 0.754. The van der Waals surface area contributed by atoms with Gasteiger partial charge in [-0.1, -0.05) is 12.8 Å². The van der Waals surface area contributed by atoms with Gasteiger partial charge >= 0.3 is 13.5 Å². The summed E-state index contributed by atoms with van der Waals surface area (Å²) in [7, 11) is -4.86. The van der Waals surface area contributed by atoms with Crippen LogP contribution in [0.25, 0.3) is 6.08 Å². The Labute approximate surface area is 188 Å². The van der Waals surface area contributed by atoms with E-state index >= 15 is 0 Å². The number of aromatic nitrogens is 2. The van der Waals surface area contributed by atoms with Crippen molar-refractivity contribution in [3.63, 3.8) is 0 Å². The Balaban J connectivity index is 2.06. The molecule has 0 bridgehead atoms. The minimum atomic E-state index is -4.86. The molecule has 1 aliphatic rings. The van der Waals surface area contributed by atoms with Gasteiger partial charge in [-0.3, -0.25) is 23.7 Å². The fourth-order valence-corrected chi connectivity index (χ4v) is 3.48. The molecule has 2 unspecified atom stereocenters. The van der Waals surface area contributed by atoms with E-state index in [-0.39, 0.29) is 5.56 Å². The number of ether oxygens (including phenoxy) is 1. The van der Waals surface area contributed by atoms with E-state index in [1.54, 1.807) is 0 Å². The minimum Gasteiger partial charge on any atom is -0.387 e. The van der Waals surface area contributed by atoms with Gasteiger partial charge in [0, 0.05) is 18.8 Å². The molecule has 14 nitrogen and oxygen atoms in total. The third-order valence-electron chi connectivity index (χ3n) is 4.86. The molecule has 1 aromatic rings. The van der Waals surface area contributed by atoms with Crippen LogP contribution in [0.5, 0.6) is 0 Å². The van der Waals surface area contributed by atoms with Gasteiger partial charge in [-0.15, -0.1) is 0 Å². The summed E-state index contributed by atoms with van der Waals surface area (Å²) >= 11 is 0. The molecule has 2 heterocycles. The number of aromatic amines is 1. The van der Waals surface area contributed by atoms with Gasteiger partial charge in [0.15, 0.2) is 6.23 Å². The molecule has 1 saturated heterocycles. The highest BCUT2D eigenvalue weighted by Gasteiger charge is 2.45. The highest BCUT2D eigenvalue weighted by atomic mass is 31.2. The summed E-state index contributed by atoms with van der Waals surface area (Å²) in [5.74, 6) is -0.451. The van der Waals surface area contributed by atoms with Crippen molar-refractivity contribution in [3.05, 3.63) is 38.7 Å². The van der Waals surface area contributed by atoms with Crippen LogP contribution in [0.1, 0.15) is 37.5 Å². The molecule has 1 fully saturated rings. The molecule has 15 heteroatoms. The van der Waals surface area contributed by atoms with E-state index in [2.05, 4.69) is 9.84 Å². The fourth-order valence-electron chi connectivity index (χ4n) is 3.13. The summed E-state index contributed by atoms with van der Waals surface area (Å²) in [6, 6.07) is 0.